The summed E-state index contributed by atoms with van der Waals surface area (Å²) in [5, 5.41) is 4.45. The maximum atomic E-state index is 5.60. The molecule has 0 amide bonds. The van der Waals surface area contributed by atoms with Crippen LogP contribution in [-0.4, -0.2) is 47.1 Å². The summed E-state index contributed by atoms with van der Waals surface area (Å²) in [6, 6.07) is 9.82. The van der Waals surface area contributed by atoms with Gasteiger partial charge in [-0.15, -0.1) is 11.3 Å². The van der Waals surface area contributed by atoms with Crippen molar-refractivity contribution in [1.82, 2.24) is 10.3 Å². The standard InChI is InChI=1S/C23H28N2O5S/c1-26-17-8-6-15(12-19(17)28-3)10-11-24-14-21-25-13-20(31-21)16-7-9-18(27-2)23(30-5)22(16)29-4/h6-9,12-13,24H,10-11,14H2,1-5H3. The lowest BCUT2D eigenvalue weighted by Crippen LogP contribution is -2.16. The summed E-state index contributed by atoms with van der Waals surface area (Å²) in [5.41, 5.74) is 2.11. The Bertz CT molecular complexity index is 1010. The molecule has 1 aromatic heterocycles. The minimum absolute atomic E-state index is 0.575. The van der Waals surface area contributed by atoms with Gasteiger partial charge in [0.15, 0.2) is 23.0 Å². The van der Waals surface area contributed by atoms with Gasteiger partial charge in [0.2, 0.25) is 5.75 Å². The van der Waals surface area contributed by atoms with Crippen molar-refractivity contribution in [2.45, 2.75) is 13.0 Å². The lowest BCUT2D eigenvalue weighted by Gasteiger charge is -2.14. The topological polar surface area (TPSA) is 71.1 Å². The van der Waals surface area contributed by atoms with E-state index in [1.807, 2.05) is 36.5 Å². The van der Waals surface area contributed by atoms with Crippen LogP contribution in [0.5, 0.6) is 28.7 Å². The van der Waals surface area contributed by atoms with Crippen LogP contribution in [-0.2, 0) is 13.0 Å². The molecule has 0 spiro atoms. The molecular weight excluding hydrogens is 416 g/mol. The summed E-state index contributed by atoms with van der Waals surface area (Å²) < 4.78 is 27.1. The van der Waals surface area contributed by atoms with Gasteiger partial charge in [-0.25, -0.2) is 4.98 Å². The fourth-order valence-corrected chi connectivity index (χ4v) is 4.19. The van der Waals surface area contributed by atoms with Crippen LogP contribution < -0.4 is 29.0 Å². The van der Waals surface area contributed by atoms with Crippen LogP contribution in [0, 0.1) is 0 Å². The first kappa shape index (κ1) is 22.7. The fraction of sp³-hybridized carbons (Fsp3) is 0.348. The molecule has 0 aliphatic carbocycles. The molecule has 0 fully saturated rings. The van der Waals surface area contributed by atoms with E-state index in [0.717, 1.165) is 39.9 Å². The van der Waals surface area contributed by atoms with Crippen LogP contribution in [0.2, 0.25) is 0 Å². The molecular formula is C23H28N2O5S. The molecule has 0 saturated carbocycles. The summed E-state index contributed by atoms with van der Waals surface area (Å²) in [6.45, 7) is 1.51. The van der Waals surface area contributed by atoms with Gasteiger partial charge in [0.1, 0.15) is 5.01 Å². The number of nitrogens with one attached hydrogen (secondary N) is 1. The number of nitrogens with zero attached hydrogens (tertiary/aromatic N) is 1. The number of thiazole rings is 1. The Morgan fingerprint density at radius 2 is 1.52 bits per heavy atom. The molecule has 0 aliphatic rings. The van der Waals surface area contributed by atoms with Gasteiger partial charge in [0.25, 0.3) is 0 Å². The molecule has 31 heavy (non-hydrogen) atoms. The number of methoxy groups -OCH3 is 5. The van der Waals surface area contributed by atoms with Crippen molar-refractivity contribution in [1.29, 1.82) is 0 Å². The van der Waals surface area contributed by atoms with Crippen molar-refractivity contribution in [3.05, 3.63) is 47.1 Å². The third kappa shape index (κ3) is 5.21. The van der Waals surface area contributed by atoms with E-state index in [1.54, 1.807) is 46.9 Å². The summed E-state index contributed by atoms with van der Waals surface area (Å²) in [6.07, 6.45) is 2.74. The molecule has 0 atom stereocenters. The van der Waals surface area contributed by atoms with E-state index >= 15 is 0 Å². The maximum Gasteiger partial charge on any atom is 0.203 e. The molecule has 2 aromatic carbocycles. The molecule has 0 aliphatic heterocycles. The summed E-state index contributed by atoms with van der Waals surface area (Å²) in [5.74, 6) is 3.32. The van der Waals surface area contributed by atoms with Crippen molar-refractivity contribution >= 4 is 11.3 Å². The molecule has 3 rings (SSSR count). The molecule has 0 saturated heterocycles. The highest BCUT2D eigenvalue weighted by Gasteiger charge is 2.18. The zero-order valence-electron chi connectivity index (χ0n) is 18.5. The number of hydrogen-bond donors (Lipinski definition) is 1. The smallest absolute Gasteiger partial charge is 0.203 e. The van der Waals surface area contributed by atoms with Crippen molar-refractivity contribution in [2.24, 2.45) is 0 Å². The predicted octanol–water partition coefficient (Wildman–Crippen LogP) is 4.19. The highest BCUT2D eigenvalue weighted by Crippen LogP contribution is 2.45. The molecule has 8 heteroatoms. The van der Waals surface area contributed by atoms with Crippen molar-refractivity contribution in [3.8, 4) is 39.2 Å². The van der Waals surface area contributed by atoms with Gasteiger partial charge in [-0.3, -0.25) is 0 Å². The number of benzene rings is 2. The third-order valence-electron chi connectivity index (χ3n) is 4.84. The monoisotopic (exact) mass is 444 g/mol. The van der Waals surface area contributed by atoms with Crippen LogP contribution in [0.4, 0.5) is 0 Å². The number of ether oxygens (including phenoxy) is 5. The Labute approximate surface area is 186 Å². The molecule has 1 heterocycles. The van der Waals surface area contributed by atoms with Crippen molar-refractivity contribution < 1.29 is 23.7 Å². The second kappa shape index (κ2) is 10.9. The molecule has 1 N–H and O–H groups in total. The molecule has 0 radical (unpaired) electrons. The van der Waals surface area contributed by atoms with E-state index in [9.17, 15) is 0 Å². The minimum atomic E-state index is 0.575. The summed E-state index contributed by atoms with van der Waals surface area (Å²) >= 11 is 1.62. The highest BCUT2D eigenvalue weighted by molar-refractivity contribution is 7.15. The number of hydrogen-bond acceptors (Lipinski definition) is 8. The lowest BCUT2D eigenvalue weighted by molar-refractivity contribution is 0.325. The third-order valence-corrected chi connectivity index (χ3v) is 5.87. The molecule has 166 valence electrons. The average Bonchev–Trinajstić information content (AvgIpc) is 3.29. The van der Waals surface area contributed by atoms with E-state index in [-0.39, 0.29) is 0 Å². The Balaban J connectivity index is 1.62. The van der Waals surface area contributed by atoms with Gasteiger partial charge < -0.3 is 29.0 Å². The van der Waals surface area contributed by atoms with E-state index in [0.29, 0.717) is 23.8 Å². The van der Waals surface area contributed by atoms with Crippen LogP contribution >= 0.6 is 11.3 Å². The van der Waals surface area contributed by atoms with E-state index in [1.165, 1.54) is 5.56 Å². The van der Waals surface area contributed by atoms with Gasteiger partial charge in [-0.2, -0.15) is 0 Å². The molecule has 0 unspecified atom stereocenters. The van der Waals surface area contributed by atoms with Gasteiger partial charge in [-0.1, -0.05) is 6.07 Å². The Morgan fingerprint density at radius 1 is 0.806 bits per heavy atom. The van der Waals surface area contributed by atoms with Gasteiger partial charge in [0.05, 0.1) is 40.4 Å². The maximum absolute atomic E-state index is 5.60. The summed E-state index contributed by atoms with van der Waals surface area (Å²) in [4.78, 5) is 5.56. The van der Waals surface area contributed by atoms with Gasteiger partial charge in [0, 0.05) is 18.3 Å². The Kier molecular flexibility index (Phi) is 7.97. The van der Waals surface area contributed by atoms with Crippen LogP contribution in [0.3, 0.4) is 0 Å². The van der Waals surface area contributed by atoms with E-state index < -0.39 is 0 Å². The second-order valence-corrected chi connectivity index (χ2v) is 7.73. The predicted molar refractivity (Wildman–Crippen MR) is 122 cm³/mol. The molecule has 0 bridgehead atoms. The average molecular weight is 445 g/mol. The van der Waals surface area contributed by atoms with Crippen LogP contribution in [0.1, 0.15) is 10.6 Å². The first-order valence-corrected chi connectivity index (χ1v) is 10.6. The highest BCUT2D eigenvalue weighted by atomic mass is 32.1. The number of rotatable bonds is 11. The van der Waals surface area contributed by atoms with Crippen molar-refractivity contribution in [3.63, 3.8) is 0 Å². The SMILES string of the molecule is COc1ccc(CCNCc2ncc(-c3ccc(OC)c(OC)c3OC)s2)cc1OC. The summed E-state index contributed by atoms with van der Waals surface area (Å²) in [7, 11) is 8.12. The van der Waals surface area contributed by atoms with E-state index in [2.05, 4.69) is 10.3 Å². The Morgan fingerprint density at radius 3 is 2.19 bits per heavy atom. The lowest BCUT2D eigenvalue weighted by atomic mass is 10.1. The Hall–Kier alpha value is -2.97. The van der Waals surface area contributed by atoms with Crippen molar-refractivity contribution in [2.75, 3.05) is 42.1 Å². The first-order valence-electron chi connectivity index (χ1n) is 9.80. The second-order valence-electron chi connectivity index (χ2n) is 6.62. The van der Waals surface area contributed by atoms with Gasteiger partial charge in [-0.05, 0) is 42.8 Å². The fourth-order valence-electron chi connectivity index (χ4n) is 3.28. The van der Waals surface area contributed by atoms with Gasteiger partial charge >= 0.3 is 0 Å². The molecule has 3 aromatic rings. The van der Waals surface area contributed by atoms with Crippen LogP contribution in [0.25, 0.3) is 10.4 Å². The van der Waals surface area contributed by atoms with Crippen LogP contribution in [0.15, 0.2) is 36.5 Å². The zero-order chi connectivity index (χ0) is 22.2. The van der Waals surface area contributed by atoms with E-state index in [4.69, 9.17) is 23.7 Å². The minimum Gasteiger partial charge on any atom is -0.493 e. The normalized spacial score (nSPS) is 10.6. The largest absolute Gasteiger partial charge is 0.493 e. The molecule has 7 nitrogen and oxygen atoms in total. The quantitative estimate of drug-likeness (QED) is 0.445. The zero-order valence-corrected chi connectivity index (χ0v) is 19.3. The number of aromatic nitrogens is 1. The first-order chi connectivity index (χ1) is 15.1.